The molecular weight excluding hydrogens is 653 g/mol. The van der Waals surface area contributed by atoms with E-state index in [9.17, 15) is 14.0 Å². The van der Waals surface area contributed by atoms with Gasteiger partial charge in [-0.2, -0.15) is 5.10 Å². The van der Waals surface area contributed by atoms with Crippen molar-refractivity contribution in [3.8, 4) is 16.9 Å². The maximum Gasteiger partial charge on any atom is 0.343 e. The number of carbonyl (C=O) groups is 2. The van der Waals surface area contributed by atoms with Gasteiger partial charge in [-0.3, -0.25) is 4.79 Å². The summed E-state index contributed by atoms with van der Waals surface area (Å²) >= 11 is 13.3. The highest BCUT2D eigenvalue weighted by molar-refractivity contribution is 9.11. The molecule has 39 heavy (non-hydrogen) atoms. The summed E-state index contributed by atoms with van der Waals surface area (Å²) in [5.41, 5.74) is 4.54. The van der Waals surface area contributed by atoms with E-state index in [0.717, 1.165) is 0 Å². The molecule has 0 aliphatic heterocycles. The monoisotopic (exact) mass is 667 g/mol. The van der Waals surface area contributed by atoms with Crippen molar-refractivity contribution in [1.29, 1.82) is 0 Å². The van der Waals surface area contributed by atoms with E-state index in [4.69, 9.17) is 16.3 Å². The van der Waals surface area contributed by atoms with Gasteiger partial charge in [0.25, 0.3) is 5.91 Å². The molecule has 0 aliphatic rings. The zero-order valence-electron chi connectivity index (χ0n) is 19.8. The van der Waals surface area contributed by atoms with Crippen molar-refractivity contribution < 1.29 is 18.7 Å². The minimum atomic E-state index is -0.617. The van der Waals surface area contributed by atoms with Crippen LogP contribution in [0.3, 0.4) is 0 Å². The molecule has 0 saturated carbocycles. The number of ether oxygens (including phenoxy) is 1. The maximum absolute atomic E-state index is 14.6. The van der Waals surface area contributed by atoms with Gasteiger partial charge in [0.1, 0.15) is 11.5 Å². The number of nitrogens with zero attached hydrogens (tertiary/aromatic N) is 1. The second-order valence-corrected chi connectivity index (χ2v) is 10.5. The minimum absolute atomic E-state index is 0.0894. The average Bonchev–Trinajstić information content (AvgIpc) is 3.32. The van der Waals surface area contributed by atoms with Crippen LogP contribution in [0, 0.1) is 5.82 Å². The molecular formula is C29H17Br2ClFN3O3. The normalized spacial score (nSPS) is 11.2. The smallest absolute Gasteiger partial charge is 0.343 e. The molecule has 5 rings (SSSR count). The molecule has 4 aromatic carbocycles. The van der Waals surface area contributed by atoms with Crippen LogP contribution in [0.25, 0.3) is 22.0 Å². The summed E-state index contributed by atoms with van der Waals surface area (Å²) in [5.74, 6) is -1.46. The summed E-state index contributed by atoms with van der Waals surface area (Å²) in [7, 11) is 0. The standard InChI is InChI=1S/C29H17Br2ClFN3O3/c30-18-13-17(27(21(31)14-18)39-29(38)16-7-2-1-3-8-16)15-34-36-28(37)26-24(19-9-4-5-11-22(19)32)20-10-6-12-23(33)25(20)35-26/h1-15,35H,(H,36,37). The van der Waals surface area contributed by atoms with Gasteiger partial charge in [-0.05, 0) is 52.3 Å². The van der Waals surface area contributed by atoms with E-state index in [1.165, 1.54) is 12.3 Å². The number of para-hydroxylation sites is 1. The number of benzene rings is 4. The second-order valence-electron chi connectivity index (χ2n) is 8.28. The number of hydrogen-bond donors (Lipinski definition) is 2. The molecule has 0 saturated heterocycles. The summed E-state index contributed by atoms with van der Waals surface area (Å²) in [5, 5.41) is 5.00. The lowest BCUT2D eigenvalue weighted by Crippen LogP contribution is -2.19. The molecule has 1 aromatic heterocycles. The Morgan fingerprint density at radius 3 is 2.49 bits per heavy atom. The number of rotatable bonds is 6. The number of H-pyrrole nitrogens is 1. The van der Waals surface area contributed by atoms with Crippen LogP contribution >= 0.6 is 43.5 Å². The quantitative estimate of drug-likeness (QED) is 0.0829. The first-order valence-electron chi connectivity index (χ1n) is 11.5. The number of nitrogens with one attached hydrogen (secondary N) is 2. The van der Waals surface area contributed by atoms with Gasteiger partial charge in [0.15, 0.2) is 5.75 Å². The lowest BCUT2D eigenvalue weighted by Gasteiger charge is -2.10. The third-order valence-corrected chi connectivity index (χ3v) is 7.14. The molecule has 10 heteroatoms. The Morgan fingerprint density at radius 2 is 1.72 bits per heavy atom. The van der Waals surface area contributed by atoms with Crippen molar-refractivity contribution in [2.45, 2.75) is 0 Å². The van der Waals surface area contributed by atoms with Crippen LogP contribution in [0.15, 0.2) is 99.0 Å². The van der Waals surface area contributed by atoms with Crippen LogP contribution in [0.1, 0.15) is 26.4 Å². The summed E-state index contributed by atoms with van der Waals surface area (Å²) in [6, 6.07) is 23.5. The van der Waals surface area contributed by atoms with Gasteiger partial charge >= 0.3 is 5.97 Å². The van der Waals surface area contributed by atoms with E-state index in [1.807, 2.05) is 0 Å². The van der Waals surface area contributed by atoms with Crippen LogP contribution in [0.4, 0.5) is 4.39 Å². The highest BCUT2D eigenvalue weighted by atomic mass is 79.9. The SMILES string of the molecule is O=C(Oc1c(Br)cc(Br)cc1C=NNC(=O)c1[nH]c2c(F)cccc2c1-c1ccccc1Cl)c1ccccc1. The Hall–Kier alpha value is -3.79. The van der Waals surface area contributed by atoms with Gasteiger partial charge in [-0.25, -0.2) is 14.6 Å². The average molecular weight is 670 g/mol. The highest BCUT2D eigenvalue weighted by Gasteiger charge is 2.22. The molecule has 0 fully saturated rings. The first-order chi connectivity index (χ1) is 18.8. The fourth-order valence-electron chi connectivity index (χ4n) is 4.02. The molecule has 1 heterocycles. The van der Waals surface area contributed by atoms with Gasteiger partial charge in [0.2, 0.25) is 0 Å². The Labute approximate surface area is 244 Å². The zero-order chi connectivity index (χ0) is 27.5. The molecule has 5 aromatic rings. The Kier molecular flexibility index (Phi) is 7.92. The van der Waals surface area contributed by atoms with Crippen molar-refractivity contribution in [2.75, 3.05) is 0 Å². The van der Waals surface area contributed by atoms with Gasteiger partial charge in [0, 0.05) is 31.6 Å². The molecule has 0 spiro atoms. The van der Waals surface area contributed by atoms with Crippen molar-refractivity contribution in [3.05, 3.63) is 122 Å². The van der Waals surface area contributed by atoms with Crippen LogP contribution in [-0.4, -0.2) is 23.1 Å². The minimum Gasteiger partial charge on any atom is -0.421 e. The van der Waals surface area contributed by atoms with Crippen molar-refractivity contribution in [1.82, 2.24) is 10.4 Å². The third-order valence-electron chi connectivity index (χ3n) is 5.76. The zero-order valence-corrected chi connectivity index (χ0v) is 23.8. The molecule has 1 amide bonds. The Bertz CT molecular complexity index is 1760. The number of esters is 1. The molecule has 0 bridgehead atoms. The Balaban J connectivity index is 1.47. The van der Waals surface area contributed by atoms with Gasteiger partial charge in [0.05, 0.1) is 21.8 Å². The molecule has 6 nitrogen and oxygen atoms in total. The lowest BCUT2D eigenvalue weighted by molar-refractivity contribution is 0.0733. The highest BCUT2D eigenvalue weighted by Crippen LogP contribution is 2.37. The summed E-state index contributed by atoms with van der Waals surface area (Å²) in [4.78, 5) is 28.8. The van der Waals surface area contributed by atoms with E-state index in [2.05, 4.69) is 47.4 Å². The van der Waals surface area contributed by atoms with E-state index in [0.29, 0.717) is 41.6 Å². The molecule has 194 valence electrons. The lowest BCUT2D eigenvalue weighted by atomic mass is 10.0. The predicted octanol–water partition coefficient (Wildman–Crippen LogP) is 8.14. The van der Waals surface area contributed by atoms with Gasteiger partial charge < -0.3 is 9.72 Å². The first-order valence-corrected chi connectivity index (χ1v) is 13.4. The molecule has 0 atom stereocenters. The summed E-state index contributed by atoms with van der Waals surface area (Å²) < 4.78 is 21.4. The van der Waals surface area contributed by atoms with Crippen LogP contribution in [0.2, 0.25) is 5.02 Å². The molecule has 0 unspecified atom stereocenters. The number of amides is 1. The predicted molar refractivity (Wildman–Crippen MR) is 157 cm³/mol. The first kappa shape index (κ1) is 26.8. The van der Waals surface area contributed by atoms with Gasteiger partial charge in [-0.1, -0.05) is 76.1 Å². The summed E-state index contributed by atoms with van der Waals surface area (Å²) in [6.07, 6.45) is 1.35. The fraction of sp³-hybridized carbons (Fsp3) is 0. The number of aromatic nitrogens is 1. The number of carbonyl (C=O) groups excluding carboxylic acids is 2. The second kappa shape index (κ2) is 11.5. The Morgan fingerprint density at radius 1 is 0.974 bits per heavy atom. The third kappa shape index (κ3) is 5.66. The summed E-state index contributed by atoms with van der Waals surface area (Å²) in [6.45, 7) is 0. The van der Waals surface area contributed by atoms with Crippen LogP contribution in [-0.2, 0) is 0 Å². The van der Waals surface area contributed by atoms with Crippen molar-refractivity contribution >= 4 is 72.5 Å². The van der Waals surface area contributed by atoms with E-state index < -0.39 is 17.7 Å². The van der Waals surface area contributed by atoms with Crippen molar-refractivity contribution in [2.24, 2.45) is 5.10 Å². The van der Waals surface area contributed by atoms with Gasteiger partial charge in [-0.15, -0.1) is 0 Å². The molecule has 0 aliphatic carbocycles. The largest absolute Gasteiger partial charge is 0.421 e. The maximum atomic E-state index is 14.6. The van der Waals surface area contributed by atoms with Crippen LogP contribution < -0.4 is 10.2 Å². The fourth-order valence-corrected chi connectivity index (χ4v) is 5.59. The van der Waals surface area contributed by atoms with Crippen molar-refractivity contribution in [3.63, 3.8) is 0 Å². The molecule has 0 radical (unpaired) electrons. The molecule has 2 N–H and O–H groups in total. The number of halogens is 4. The number of aromatic amines is 1. The number of hydrogen-bond acceptors (Lipinski definition) is 4. The van der Waals surface area contributed by atoms with Crippen LogP contribution in [0.5, 0.6) is 5.75 Å². The number of hydrazone groups is 1. The number of fused-ring (bicyclic) bond motifs is 1. The van der Waals surface area contributed by atoms with E-state index in [-0.39, 0.29) is 17.0 Å². The van der Waals surface area contributed by atoms with E-state index in [1.54, 1.807) is 78.9 Å². The van der Waals surface area contributed by atoms with E-state index >= 15 is 0 Å². The topological polar surface area (TPSA) is 83.5 Å².